The molecule has 0 radical (unpaired) electrons. The molecule has 0 bridgehead atoms. The first-order valence-electron chi connectivity index (χ1n) is 7.47. The SMILES string of the molecule is CCOc1cc(N)cc(N(C)C2CCCCCC2)c1. The zero-order valence-electron chi connectivity index (χ0n) is 12.2. The first-order chi connectivity index (χ1) is 9.20. The Labute approximate surface area is 116 Å². The first-order valence-corrected chi connectivity index (χ1v) is 7.47. The predicted molar refractivity (Wildman–Crippen MR) is 81.9 cm³/mol. The summed E-state index contributed by atoms with van der Waals surface area (Å²) in [4.78, 5) is 2.38. The average Bonchev–Trinajstić information content (AvgIpc) is 2.66. The molecule has 1 aromatic carbocycles. The highest BCUT2D eigenvalue weighted by Crippen LogP contribution is 2.30. The lowest BCUT2D eigenvalue weighted by Crippen LogP contribution is -2.31. The van der Waals surface area contributed by atoms with Gasteiger partial charge in [-0.1, -0.05) is 25.7 Å². The molecular weight excluding hydrogens is 236 g/mol. The summed E-state index contributed by atoms with van der Waals surface area (Å²) < 4.78 is 5.58. The van der Waals surface area contributed by atoms with E-state index in [1.165, 1.54) is 44.2 Å². The number of nitrogen functional groups attached to an aromatic ring is 1. The van der Waals surface area contributed by atoms with Crippen LogP contribution >= 0.6 is 0 Å². The highest BCUT2D eigenvalue weighted by Gasteiger charge is 2.18. The summed E-state index contributed by atoms with van der Waals surface area (Å²) in [6.45, 7) is 2.67. The average molecular weight is 262 g/mol. The van der Waals surface area contributed by atoms with Crippen molar-refractivity contribution in [3.05, 3.63) is 18.2 Å². The number of hydrogen-bond donors (Lipinski definition) is 1. The fourth-order valence-electron chi connectivity index (χ4n) is 2.92. The molecule has 2 N–H and O–H groups in total. The van der Waals surface area contributed by atoms with E-state index in [4.69, 9.17) is 10.5 Å². The normalized spacial score (nSPS) is 16.9. The van der Waals surface area contributed by atoms with Crippen LogP contribution in [0, 0.1) is 0 Å². The summed E-state index contributed by atoms with van der Waals surface area (Å²) >= 11 is 0. The molecule has 0 atom stereocenters. The Kier molecular flexibility index (Phi) is 4.94. The lowest BCUT2D eigenvalue weighted by Gasteiger charge is -2.29. The van der Waals surface area contributed by atoms with Crippen molar-refractivity contribution in [1.82, 2.24) is 0 Å². The van der Waals surface area contributed by atoms with Crippen LogP contribution in [0.25, 0.3) is 0 Å². The molecule has 1 fully saturated rings. The number of ether oxygens (including phenoxy) is 1. The summed E-state index contributed by atoms with van der Waals surface area (Å²) in [5.74, 6) is 0.873. The van der Waals surface area contributed by atoms with Crippen LogP contribution in [0.1, 0.15) is 45.4 Å². The topological polar surface area (TPSA) is 38.5 Å². The van der Waals surface area contributed by atoms with E-state index in [9.17, 15) is 0 Å². The standard InChI is InChI=1S/C16H26N2O/c1-3-19-16-11-13(17)10-15(12-16)18(2)14-8-6-4-5-7-9-14/h10-12,14H,3-9,17H2,1-2H3. The Bertz CT molecular complexity index is 398. The summed E-state index contributed by atoms with van der Waals surface area (Å²) in [7, 11) is 2.18. The molecule has 0 aliphatic heterocycles. The van der Waals surface area contributed by atoms with Gasteiger partial charge in [0.2, 0.25) is 0 Å². The largest absolute Gasteiger partial charge is 0.494 e. The van der Waals surface area contributed by atoms with E-state index in [-0.39, 0.29) is 0 Å². The van der Waals surface area contributed by atoms with Crippen LogP contribution in [0.5, 0.6) is 5.75 Å². The molecular formula is C16H26N2O. The van der Waals surface area contributed by atoms with Gasteiger partial charge in [-0.25, -0.2) is 0 Å². The van der Waals surface area contributed by atoms with Crippen molar-refractivity contribution >= 4 is 11.4 Å². The fourth-order valence-corrected chi connectivity index (χ4v) is 2.92. The molecule has 0 aromatic heterocycles. The van der Waals surface area contributed by atoms with Gasteiger partial charge in [0, 0.05) is 36.6 Å². The van der Waals surface area contributed by atoms with Crippen molar-refractivity contribution in [2.24, 2.45) is 0 Å². The third-order valence-electron chi connectivity index (χ3n) is 4.00. The summed E-state index contributed by atoms with van der Waals surface area (Å²) in [5, 5.41) is 0. The fraction of sp³-hybridized carbons (Fsp3) is 0.625. The van der Waals surface area contributed by atoms with Crippen molar-refractivity contribution in [2.75, 3.05) is 24.3 Å². The molecule has 3 nitrogen and oxygen atoms in total. The second-order valence-electron chi connectivity index (χ2n) is 5.45. The molecule has 1 saturated carbocycles. The zero-order chi connectivity index (χ0) is 13.7. The Morgan fingerprint density at radius 3 is 2.47 bits per heavy atom. The van der Waals surface area contributed by atoms with Crippen molar-refractivity contribution in [2.45, 2.75) is 51.5 Å². The van der Waals surface area contributed by atoms with Gasteiger partial charge < -0.3 is 15.4 Å². The third-order valence-corrected chi connectivity index (χ3v) is 4.00. The monoisotopic (exact) mass is 262 g/mol. The molecule has 0 saturated heterocycles. The Hall–Kier alpha value is -1.38. The number of benzene rings is 1. The summed E-state index contributed by atoms with van der Waals surface area (Å²) in [6, 6.07) is 6.69. The number of rotatable bonds is 4. The Balaban J connectivity index is 2.14. The number of hydrogen-bond acceptors (Lipinski definition) is 3. The molecule has 0 spiro atoms. The molecule has 0 heterocycles. The van der Waals surface area contributed by atoms with Gasteiger partial charge in [0.1, 0.15) is 5.75 Å². The number of anilines is 2. The maximum absolute atomic E-state index is 5.98. The van der Waals surface area contributed by atoms with Gasteiger partial charge in [0.05, 0.1) is 6.61 Å². The van der Waals surface area contributed by atoms with Crippen LogP contribution in [0.3, 0.4) is 0 Å². The first kappa shape index (κ1) is 14.0. The lowest BCUT2D eigenvalue weighted by molar-refractivity contribution is 0.340. The van der Waals surface area contributed by atoms with E-state index in [1.807, 2.05) is 19.1 Å². The molecule has 3 heteroatoms. The van der Waals surface area contributed by atoms with E-state index in [1.54, 1.807) is 0 Å². The van der Waals surface area contributed by atoms with Crippen LogP contribution < -0.4 is 15.4 Å². The third kappa shape index (κ3) is 3.79. The van der Waals surface area contributed by atoms with Gasteiger partial charge in [-0.05, 0) is 25.8 Å². The molecule has 1 aliphatic carbocycles. The van der Waals surface area contributed by atoms with Crippen LogP contribution in [-0.2, 0) is 0 Å². The van der Waals surface area contributed by atoms with E-state index < -0.39 is 0 Å². The lowest BCUT2D eigenvalue weighted by atomic mass is 10.1. The maximum Gasteiger partial charge on any atom is 0.123 e. The maximum atomic E-state index is 5.98. The van der Waals surface area contributed by atoms with Gasteiger partial charge in [-0.15, -0.1) is 0 Å². The van der Waals surface area contributed by atoms with Crippen molar-refractivity contribution < 1.29 is 4.74 Å². The van der Waals surface area contributed by atoms with Crippen LogP contribution in [0.15, 0.2) is 18.2 Å². The molecule has 19 heavy (non-hydrogen) atoms. The van der Waals surface area contributed by atoms with E-state index in [2.05, 4.69) is 18.0 Å². The minimum Gasteiger partial charge on any atom is -0.494 e. The molecule has 0 amide bonds. The van der Waals surface area contributed by atoms with Gasteiger partial charge in [0.25, 0.3) is 0 Å². The van der Waals surface area contributed by atoms with E-state index >= 15 is 0 Å². The van der Waals surface area contributed by atoms with Gasteiger partial charge >= 0.3 is 0 Å². The number of nitrogens with two attached hydrogens (primary N) is 1. The molecule has 1 aliphatic rings. The Morgan fingerprint density at radius 2 is 1.84 bits per heavy atom. The van der Waals surface area contributed by atoms with Crippen LogP contribution in [0.2, 0.25) is 0 Å². The van der Waals surface area contributed by atoms with Crippen molar-refractivity contribution in [3.8, 4) is 5.75 Å². The summed E-state index contributed by atoms with van der Waals surface area (Å²) in [6.07, 6.45) is 8.02. The quantitative estimate of drug-likeness (QED) is 0.662. The summed E-state index contributed by atoms with van der Waals surface area (Å²) in [5.41, 5.74) is 7.94. The van der Waals surface area contributed by atoms with E-state index in [0.717, 1.165) is 11.4 Å². The highest BCUT2D eigenvalue weighted by molar-refractivity contribution is 5.60. The zero-order valence-corrected chi connectivity index (χ0v) is 12.2. The van der Waals surface area contributed by atoms with Gasteiger partial charge in [-0.3, -0.25) is 0 Å². The van der Waals surface area contributed by atoms with E-state index in [0.29, 0.717) is 12.6 Å². The van der Waals surface area contributed by atoms with Crippen LogP contribution in [-0.4, -0.2) is 19.7 Å². The second kappa shape index (κ2) is 6.69. The molecule has 0 unspecified atom stereocenters. The minimum atomic E-state index is 0.638. The molecule has 106 valence electrons. The smallest absolute Gasteiger partial charge is 0.123 e. The van der Waals surface area contributed by atoms with Gasteiger partial charge in [0.15, 0.2) is 0 Å². The van der Waals surface area contributed by atoms with Crippen LogP contribution in [0.4, 0.5) is 11.4 Å². The second-order valence-corrected chi connectivity index (χ2v) is 5.45. The van der Waals surface area contributed by atoms with Crippen molar-refractivity contribution in [1.29, 1.82) is 0 Å². The molecule has 1 aromatic rings. The molecule has 2 rings (SSSR count). The number of nitrogens with zero attached hydrogens (tertiary/aromatic N) is 1. The minimum absolute atomic E-state index is 0.638. The van der Waals surface area contributed by atoms with Crippen molar-refractivity contribution in [3.63, 3.8) is 0 Å². The van der Waals surface area contributed by atoms with Gasteiger partial charge in [-0.2, -0.15) is 0 Å². The Morgan fingerprint density at radius 1 is 1.16 bits per heavy atom. The highest BCUT2D eigenvalue weighted by atomic mass is 16.5. The predicted octanol–water partition coefficient (Wildman–Crippen LogP) is 3.83.